The Morgan fingerprint density at radius 2 is 2.50 bits per heavy atom. The lowest BCUT2D eigenvalue weighted by Crippen LogP contribution is -2.32. The number of carbonyl (C=O) groups is 1. The lowest BCUT2D eigenvalue weighted by molar-refractivity contribution is 0.102. The highest BCUT2D eigenvalue weighted by Gasteiger charge is 2.33. The molecule has 0 radical (unpaired) electrons. The van der Waals surface area contributed by atoms with E-state index in [1.165, 1.54) is 0 Å². The molecule has 0 bridgehead atoms. The predicted octanol–water partition coefficient (Wildman–Crippen LogP) is 1.58. The van der Waals surface area contributed by atoms with E-state index in [1.54, 1.807) is 0 Å². The summed E-state index contributed by atoms with van der Waals surface area (Å²) in [6.07, 6.45) is -4.22. The summed E-state index contributed by atoms with van der Waals surface area (Å²) in [5, 5.41) is 8.48. The highest BCUT2D eigenvalue weighted by molar-refractivity contribution is 7.93. The Kier molecular flexibility index (Phi) is 3.10. The molecule has 0 spiro atoms. The fourth-order valence-electron chi connectivity index (χ4n) is 0.852. The van der Waals surface area contributed by atoms with Crippen LogP contribution in [0.25, 0.3) is 0 Å². The molecular formula is C5H7F2NO3S. The van der Waals surface area contributed by atoms with Crippen molar-refractivity contribution < 1.29 is 22.9 Å². The van der Waals surface area contributed by atoms with Crippen LogP contribution in [0.3, 0.4) is 0 Å². The van der Waals surface area contributed by atoms with Crippen LogP contribution in [-0.4, -0.2) is 34.6 Å². The van der Waals surface area contributed by atoms with Gasteiger partial charge in [-0.3, -0.25) is 4.18 Å². The van der Waals surface area contributed by atoms with E-state index in [0.29, 0.717) is 12.2 Å². The lowest BCUT2D eigenvalue weighted by Gasteiger charge is -2.15. The first-order chi connectivity index (χ1) is 5.61. The van der Waals surface area contributed by atoms with Crippen molar-refractivity contribution in [3.63, 3.8) is 0 Å². The minimum atomic E-state index is -2.50. The Morgan fingerprint density at radius 1 is 1.83 bits per heavy atom. The van der Waals surface area contributed by atoms with Gasteiger partial charge in [0, 0.05) is 6.42 Å². The molecule has 1 saturated heterocycles. The average Bonchev–Trinajstić information content (AvgIpc) is 2.33. The van der Waals surface area contributed by atoms with E-state index in [-0.39, 0.29) is 6.61 Å². The smallest absolute Gasteiger partial charge is 0.419 e. The zero-order chi connectivity index (χ0) is 9.14. The van der Waals surface area contributed by atoms with Gasteiger partial charge < -0.3 is 5.11 Å². The number of halogens is 2. The van der Waals surface area contributed by atoms with Gasteiger partial charge in [-0.25, -0.2) is 17.9 Å². The van der Waals surface area contributed by atoms with Crippen molar-refractivity contribution in [2.75, 3.05) is 6.61 Å². The normalized spacial score (nSPS) is 23.6. The SMILES string of the molecule is O=C(O)N1SOCC1CC(F)F. The predicted molar refractivity (Wildman–Crippen MR) is 37.8 cm³/mol. The molecular weight excluding hydrogens is 192 g/mol. The Bertz CT molecular complexity index is 180. The van der Waals surface area contributed by atoms with E-state index in [9.17, 15) is 13.6 Å². The monoisotopic (exact) mass is 199 g/mol. The molecule has 1 aliphatic rings. The molecule has 70 valence electrons. The highest BCUT2D eigenvalue weighted by atomic mass is 32.2. The van der Waals surface area contributed by atoms with Crippen molar-refractivity contribution in [1.29, 1.82) is 0 Å². The van der Waals surface area contributed by atoms with Crippen LogP contribution in [0.15, 0.2) is 0 Å². The molecule has 1 fully saturated rings. The molecule has 1 heterocycles. The second-order valence-corrected chi connectivity index (χ2v) is 3.03. The summed E-state index contributed by atoms with van der Waals surface area (Å²) in [6.45, 7) is 0.0291. The fraction of sp³-hybridized carbons (Fsp3) is 0.800. The molecule has 1 rings (SSSR count). The number of carboxylic acid groups (broad SMARTS) is 1. The van der Waals surface area contributed by atoms with Crippen LogP contribution < -0.4 is 0 Å². The van der Waals surface area contributed by atoms with E-state index in [2.05, 4.69) is 4.18 Å². The molecule has 0 aromatic carbocycles. The molecule has 1 aliphatic heterocycles. The maximum atomic E-state index is 11.8. The van der Waals surface area contributed by atoms with Crippen molar-refractivity contribution in [3.05, 3.63) is 0 Å². The van der Waals surface area contributed by atoms with E-state index >= 15 is 0 Å². The molecule has 0 aromatic rings. The van der Waals surface area contributed by atoms with E-state index in [4.69, 9.17) is 5.11 Å². The summed E-state index contributed by atoms with van der Waals surface area (Å²) in [7, 11) is 0. The lowest BCUT2D eigenvalue weighted by atomic mass is 10.2. The van der Waals surface area contributed by atoms with Gasteiger partial charge >= 0.3 is 6.09 Å². The van der Waals surface area contributed by atoms with Gasteiger partial charge in [0.1, 0.15) is 12.2 Å². The fourth-order valence-corrected chi connectivity index (χ4v) is 1.52. The second kappa shape index (κ2) is 3.90. The molecule has 1 unspecified atom stereocenters. The second-order valence-electron chi connectivity index (χ2n) is 2.25. The van der Waals surface area contributed by atoms with Crippen LogP contribution in [0.5, 0.6) is 0 Å². The first-order valence-electron chi connectivity index (χ1n) is 3.21. The number of amides is 1. The summed E-state index contributed by atoms with van der Waals surface area (Å²) in [6, 6.07) is -0.729. The minimum Gasteiger partial charge on any atom is -0.464 e. The van der Waals surface area contributed by atoms with Crippen molar-refractivity contribution in [3.8, 4) is 0 Å². The Morgan fingerprint density at radius 3 is 3.00 bits per heavy atom. The number of hydrogen-bond acceptors (Lipinski definition) is 3. The van der Waals surface area contributed by atoms with Crippen LogP contribution in [0.1, 0.15) is 6.42 Å². The maximum absolute atomic E-state index is 11.8. The van der Waals surface area contributed by atoms with E-state index < -0.39 is 25.0 Å². The molecule has 0 aliphatic carbocycles. The van der Waals surface area contributed by atoms with E-state index in [0.717, 1.165) is 4.31 Å². The zero-order valence-electron chi connectivity index (χ0n) is 5.94. The Balaban J connectivity index is 2.46. The number of nitrogens with zero attached hydrogens (tertiary/aromatic N) is 1. The van der Waals surface area contributed by atoms with Crippen LogP contribution in [-0.2, 0) is 4.18 Å². The third-order valence-corrected chi connectivity index (χ3v) is 2.22. The summed E-state index contributed by atoms with van der Waals surface area (Å²) < 4.78 is 29.1. The highest BCUT2D eigenvalue weighted by Crippen LogP contribution is 2.27. The van der Waals surface area contributed by atoms with Gasteiger partial charge in [0.25, 0.3) is 0 Å². The zero-order valence-corrected chi connectivity index (χ0v) is 6.76. The van der Waals surface area contributed by atoms with Gasteiger partial charge in [0.05, 0.1) is 12.6 Å². The largest absolute Gasteiger partial charge is 0.464 e. The van der Waals surface area contributed by atoms with Crippen molar-refractivity contribution in [2.45, 2.75) is 18.9 Å². The molecule has 1 atom stereocenters. The van der Waals surface area contributed by atoms with Gasteiger partial charge in [-0.15, -0.1) is 0 Å². The van der Waals surface area contributed by atoms with E-state index in [1.807, 2.05) is 0 Å². The van der Waals surface area contributed by atoms with Gasteiger partial charge in [-0.05, 0) is 0 Å². The van der Waals surface area contributed by atoms with Crippen molar-refractivity contribution >= 4 is 18.3 Å². The summed E-state index contributed by atoms with van der Waals surface area (Å²) in [5.74, 6) is 0. The molecule has 1 amide bonds. The summed E-state index contributed by atoms with van der Waals surface area (Å²) in [5.41, 5.74) is 0. The summed E-state index contributed by atoms with van der Waals surface area (Å²) in [4.78, 5) is 10.4. The van der Waals surface area contributed by atoms with Gasteiger partial charge in [0.2, 0.25) is 6.43 Å². The Hall–Kier alpha value is -0.560. The topological polar surface area (TPSA) is 49.8 Å². The van der Waals surface area contributed by atoms with Crippen LogP contribution in [0.2, 0.25) is 0 Å². The third kappa shape index (κ3) is 2.21. The van der Waals surface area contributed by atoms with Crippen molar-refractivity contribution in [1.82, 2.24) is 4.31 Å². The molecule has 0 saturated carbocycles. The Labute approximate surface area is 71.8 Å². The molecule has 0 aromatic heterocycles. The standard InChI is InChI=1S/C5H7F2NO3S/c6-4(7)1-3-2-11-12-8(3)5(9)10/h3-4H,1-2H2,(H,9,10). The number of hydrogen-bond donors (Lipinski definition) is 1. The third-order valence-electron chi connectivity index (χ3n) is 1.36. The average molecular weight is 199 g/mol. The minimum absolute atomic E-state index is 0.0291. The van der Waals surface area contributed by atoms with Crippen molar-refractivity contribution in [2.24, 2.45) is 0 Å². The molecule has 1 N–H and O–H groups in total. The molecule has 4 nitrogen and oxygen atoms in total. The van der Waals surface area contributed by atoms with Gasteiger partial charge in [-0.1, -0.05) is 0 Å². The maximum Gasteiger partial charge on any atom is 0.419 e. The summed E-state index contributed by atoms with van der Waals surface area (Å²) >= 11 is 0.601. The van der Waals surface area contributed by atoms with Crippen LogP contribution >= 0.6 is 12.2 Å². The van der Waals surface area contributed by atoms with Gasteiger partial charge in [0.15, 0.2) is 0 Å². The first-order valence-corrected chi connectivity index (χ1v) is 3.91. The first kappa shape index (κ1) is 9.53. The number of rotatable bonds is 2. The quantitative estimate of drug-likeness (QED) is 0.542. The molecule has 12 heavy (non-hydrogen) atoms. The van der Waals surface area contributed by atoms with Gasteiger partial charge in [-0.2, -0.15) is 0 Å². The number of alkyl halides is 2. The van der Waals surface area contributed by atoms with Crippen LogP contribution in [0, 0.1) is 0 Å². The van der Waals surface area contributed by atoms with Crippen LogP contribution in [0.4, 0.5) is 13.6 Å². The molecule has 7 heteroatoms.